The van der Waals surface area contributed by atoms with Gasteiger partial charge in [-0.3, -0.25) is 4.79 Å². The summed E-state index contributed by atoms with van der Waals surface area (Å²) in [4.78, 5) is 12.1. The lowest BCUT2D eigenvalue weighted by molar-refractivity contribution is -0.121. The van der Waals surface area contributed by atoms with Crippen molar-refractivity contribution in [2.45, 2.75) is 32.2 Å². The summed E-state index contributed by atoms with van der Waals surface area (Å²) in [6, 6.07) is 5.56. The number of fused-ring (bicyclic) bond motifs is 1. The Morgan fingerprint density at radius 2 is 2.29 bits per heavy atom. The fraction of sp³-hybridized carbons (Fsp3) is 0.438. The van der Waals surface area contributed by atoms with Gasteiger partial charge in [0.05, 0.1) is 19.8 Å². The molecule has 0 aliphatic heterocycles. The number of carbonyl (C=O) groups excluding carboxylic acids is 1. The molecule has 0 saturated carbocycles. The van der Waals surface area contributed by atoms with Gasteiger partial charge in [0.15, 0.2) is 0 Å². The molecule has 0 aliphatic rings. The highest BCUT2D eigenvalue weighted by molar-refractivity contribution is 5.88. The van der Waals surface area contributed by atoms with Crippen molar-refractivity contribution in [2.75, 3.05) is 13.7 Å². The second-order valence-electron chi connectivity index (χ2n) is 4.98. The number of furan rings is 1. The van der Waals surface area contributed by atoms with E-state index in [4.69, 9.17) is 14.3 Å². The van der Waals surface area contributed by atoms with Gasteiger partial charge >= 0.3 is 0 Å². The summed E-state index contributed by atoms with van der Waals surface area (Å²) in [6.45, 7) is 2.06. The maximum atomic E-state index is 12.1. The smallest absolute Gasteiger partial charge is 0.224 e. The lowest BCUT2D eigenvalue weighted by atomic mass is 10.1. The zero-order valence-electron chi connectivity index (χ0n) is 12.4. The number of benzene rings is 1. The molecule has 0 saturated heterocycles. The third-order valence-corrected chi connectivity index (χ3v) is 3.55. The summed E-state index contributed by atoms with van der Waals surface area (Å²) in [5.74, 6) is 0.663. The molecule has 114 valence electrons. The zero-order chi connectivity index (χ0) is 15.2. The molecular weight excluding hydrogens is 270 g/mol. The Hall–Kier alpha value is -2.01. The predicted molar refractivity (Wildman–Crippen MR) is 80.4 cm³/mol. The van der Waals surface area contributed by atoms with E-state index in [0.717, 1.165) is 23.1 Å². The van der Waals surface area contributed by atoms with Crippen LogP contribution in [-0.2, 0) is 11.2 Å². The number of carbonyl (C=O) groups is 1. The first-order valence-electron chi connectivity index (χ1n) is 7.12. The number of aliphatic hydroxyl groups excluding tert-OH is 1. The SMILES string of the molecule is CC[C@@H](CCO)NC(=O)Cc1coc2cc(OC)ccc12. The molecule has 1 atom stereocenters. The van der Waals surface area contributed by atoms with Gasteiger partial charge in [0, 0.05) is 29.7 Å². The fourth-order valence-corrected chi connectivity index (χ4v) is 2.31. The molecule has 1 aromatic heterocycles. The molecule has 0 bridgehead atoms. The molecule has 0 spiro atoms. The first kappa shape index (κ1) is 15.4. The Balaban J connectivity index is 2.07. The number of hydrogen-bond acceptors (Lipinski definition) is 4. The molecule has 1 amide bonds. The molecule has 0 aliphatic carbocycles. The van der Waals surface area contributed by atoms with Gasteiger partial charge < -0.3 is 19.6 Å². The largest absolute Gasteiger partial charge is 0.497 e. The Morgan fingerprint density at radius 3 is 2.95 bits per heavy atom. The standard InChI is InChI=1S/C16H21NO4/c1-3-12(6-7-18)17-16(19)8-11-10-21-15-9-13(20-2)4-5-14(11)15/h4-5,9-10,12,18H,3,6-8H2,1-2H3,(H,17,19)/t12-/m0/s1. The second-order valence-corrected chi connectivity index (χ2v) is 4.98. The fourth-order valence-electron chi connectivity index (χ4n) is 2.31. The molecule has 0 fully saturated rings. The summed E-state index contributed by atoms with van der Waals surface area (Å²) >= 11 is 0. The molecule has 2 rings (SSSR count). The van der Waals surface area contributed by atoms with Crippen molar-refractivity contribution in [3.63, 3.8) is 0 Å². The maximum Gasteiger partial charge on any atom is 0.224 e. The number of hydrogen-bond donors (Lipinski definition) is 2. The van der Waals surface area contributed by atoms with E-state index in [-0.39, 0.29) is 25.0 Å². The molecule has 1 heterocycles. The minimum atomic E-state index is -0.0613. The van der Waals surface area contributed by atoms with E-state index >= 15 is 0 Å². The van der Waals surface area contributed by atoms with Crippen molar-refractivity contribution in [1.82, 2.24) is 5.32 Å². The van der Waals surface area contributed by atoms with Crippen LogP contribution in [0.25, 0.3) is 11.0 Å². The molecule has 2 aromatic rings. The summed E-state index contributed by atoms with van der Waals surface area (Å²) in [6.07, 6.45) is 3.25. The lowest BCUT2D eigenvalue weighted by Crippen LogP contribution is -2.36. The average molecular weight is 291 g/mol. The van der Waals surface area contributed by atoms with E-state index in [1.807, 2.05) is 19.1 Å². The van der Waals surface area contributed by atoms with Gasteiger partial charge in [-0.2, -0.15) is 0 Å². The zero-order valence-corrected chi connectivity index (χ0v) is 12.4. The maximum absolute atomic E-state index is 12.1. The minimum absolute atomic E-state index is 0.0146. The van der Waals surface area contributed by atoms with E-state index in [2.05, 4.69) is 5.32 Å². The van der Waals surface area contributed by atoms with E-state index in [9.17, 15) is 4.79 Å². The third-order valence-electron chi connectivity index (χ3n) is 3.55. The van der Waals surface area contributed by atoms with Crippen LogP contribution in [0.5, 0.6) is 5.75 Å². The van der Waals surface area contributed by atoms with Crippen molar-refractivity contribution in [1.29, 1.82) is 0 Å². The predicted octanol–water partition coefficient (Wildman–Crippen LogP) is 2.26. The van der Waals surface area contributed by atoms with Crippen LogP contribution >= 0.6 is 0 Å². The highest BCUT2D eigenvalue weighted by Crippen LogP contribution is 2.25. The molecule has 21 heavy (non-hydrogen) atoms. The minimum Gasteiger partial charge on any atom is -0.497 e. The van der Waals surface area contributed by atoms with E-state index < -0.39 is 0 Å². The van der Waals surface area contributed by atoms with Crippen molar-refractivity contribution in [3.05, 3.63) is 30.0 Å². The Kier molecular flexibility index (Phi) is 5.22. The summed E-state index contributed by atoms with van der Waals surface area (Å²) < 4.78 is 10.6. The van der Waals surface area contributed by atoms with Crippen molar-refractivity contribution in [3.8, 4) is 5.75 Å². The van der Waals surface area contributed by atoms with E-state index in [0.29, 0.717) is 12.0 Å². The molecule has 5 nitrogen and oxygen atoms in total. The van der Waals surface area contributed by atoms with Crippen LogP contribution in [-0.4, -0.2) is 30.8 Å². The van der Waals surface area contributed by atoms with Gasteiger partial charge in [0.25, 0.3) is 0 Å². The van der Waals surface area contributed by atoms with Gasteiger partial charge in [0.1, 0.15) is 11.3 Å². The van der Waals surface area contributed by atoms with Crippen molar-refractivity contribution in [2.24, 2.45) is 0 Å². The molecular formula is C16H21NO4. The number of rotatable bonds is 7. The van der Waals surface area contributed by atoms with Crippen LogP contribution < -0.4 is 10.1 Å². The van der Waals surface area contributed by atoms with Crippen LogP contribution in [0.4, 0.5) is 0 Å². The second kappa shape index (κ2) is 7.13. The quantitative estimate of drug-likeness (QED) is 0.821. The Morgan fingerprint density at radius 1 is 1.48 bits per heavy atom. The Labute approximate surface area is 123 Å². The number of ether oxygens (including phenoxy) is 1. The van der Waals surface area contributed by atoms with Crippen LogP contribution in [0, 0.1) is 0 Å². The molecule has 2 N–H and O–H groups in total. The topological polar surface area (TPSA) is 71.7 Å². The van der Waals surface area contributed by atoms with Gasteiger partial charge in [-0.25, -0.2) is 0 Å². The summed E-state index contributed by atoms with van der Waals surface area (Å²) in [5.41, 5.74) is 1.56. The Bertz CT molecular complexity index is 605. The van der Waals surface area contributed by atoms with Crippen LogP contribution in [0.15, 0.2) is 28.9 Å². The normalized spacial score (nSPS) is 12.3. The van der Waals surface area contributed by atoms with Gasteiger partial charge in [0.2, 0.25) is 5.91 Å². The highest BCUT2D eigenvalue weighted by Gasteiger charge is 2.14. The van der Waals surface area contributed by atoms with E-state index in [1.54, 1.807) is 19.4 Å². The third kappa shape index (κ3) is 3.76. The van der Waals surface area contributed by atoms with E-state index in [1.165, 1.54) is 0 Å². The lowest BCUT2D eigenvalue weighted by Gasteiger charge is -2.15. The van der Waals surface area contributed by atoms with Crippen LogP contribution in [0.3, 0.4) is 0 Å². The number of methoxy groups -OCH3 is 1. The first-order chi connectivity index (χ1) is 10.2. The number of amides is 1. The monoisotopic (exact) mass is 291 g/mol. The molecule has 5 heteroatoms. The number of nitrogens with one attached hydrogen (secondary N) is 1. The van der Waals surface area contributed by atoms with Gasteiger partial charge in [-0.15, -0.1) is 0 Å². The number of aliphatic hydroxyl groups is 1. The highest BCUT2D eigenvalue weighted by atomic mass is 16.5. The molecule has 1 aromatic carbocycles. The van der Waals surface area contributed by atoms with Crippen molar-refractivity contribution < 1.29 is 19.1 Å². The van der Waals surface area contributed by atoms with Crippen molar-refractivity contribution >= 4 is 16.9 Å². The van der Waals surface area contributed by atoms with Crippen LogP contribution in [0.2, 0.25) is 0 Å². The average Bonchev–Trinajstić information content (AvgIpc) is 2.88. The summed E-state index contributed by atoms with van der Waals surface area (Å²) in [7, 11) is 1.60. The van der Waals surface area contributed by atoms with Gasteiger partial charge in [-0.1, -0.05) is 6.92 Å². The van der Waals surface area contributed by atoms with Gasteiger partial charge in [-0.05, 0) is 25.0 Å². The molecule has 0 unspecified atom stereocenters. The summed E-state index contributed by atoms with van der Waals surface area (Å²) in [5, 5.41) is 12.8. The first-order valence-corrected chi connectivity index (χ1v) is 7.12. The van der Waals surface area contributed by atoms with Crippen LogP contribution in [0.1, 0.15) is 25.3 Å². The molecule has 0 radical (unpaired) electrons.